The number of hydrogen-bond acceptors (Lipinski definition) is 4. The topological polar surface area (TPSA) is 26.0 Å². The molecular formula is C8H7NOS2. The van der Waals surface area contributed by atoms with Gasteiger partial charge in [-0.25, -0.2) is 4.98 Å². The van der Waals surface area contributed by atoms with Crippen LogP contribution in [-0.4, -0.2) is 11.2 Å². The van der Waals surface area contributed by atoms with Gasteiger partial charge in [0.25, 0.3) is 5.22 Å². The van der Waals surface area contributed by atoms with Crippen LogP contribution in [0, 0.1) is 0 Å². The average molecular weight is 197 g/mol. The van der Waals surface area contributed by atoms with Crippen LogP contribution < -0.4 is 0 Å². The molecule has 0 saturated carbocycles. The number of oxazole rings is 1. The lowest BCUT2D eigenvalue weighted by atomic mass is 10.3. The normalized spacial score (nSPS) is 10.8. The largest absolute Gasteiger partial charge is 0.431 e. The summed E-state index contributed by atoms with van der Waals surface area (Å²) in [7, 11) is 0. The Bertz CT molecular complexity index is 410. The van der Waals surface area contributed by atoms with Gasteiger partial charge in [-0.2, -0.15) is 0 Å². The molecule has 2 aromatic rings. The molecule has 1 heterocycles. The predicted octanol–water partition coefficient (Wildman–Crippen LogP) is 2.84. The molecule has 0 aliphatic heterocycles. The van der Waals surface area contributed by atoms with Crippen molar-refractivity contribution in [2.45, 2.75) is 10.1 Å². The molecular weight excluding hydrogens is 190 g/mol. The van der Waals surface area contributed by atoms with E-state index in [0.29, 0.717) is 5.22 Å². The van der Waals surface area contributed by atoms with Crippen LogP contribution in [0.5, 0.6) is 0 Å². The smallest absolute Gasteiger partial charge is 0.256 e. The van der Waals surface area contributed by atoms with E-state index in [0.717, 1.165) is 16.0 Å². The van der Waals surface area contributed by atoms with Gasteiger partial charge in [-0.3, -0.25) is 0 Å². The molecule has 1 aromatic heterocycles. The molecule has 0 amide bonds. The van der Waals surface area contributed by atoms with Crippen LogP contribution in [0.2, 0.25) is 0 Å². The first-order chi connectivity index (χ1) is 5.79. The van der Waals surface area contributed by atoms with Gasteiger partial charge in [0.2, 0.25) is 0 Å². The maximum Gasteiger partial charge on any atom is 0.256 e. The second-order valence-corrected chi connectivity index (χ2v) is 3.61. The summed E-state index contributed by atoms with van der Waals surface area (Å²) in [6, 6.07) is 5.66. The number of aromatic nitrogens is 1. The van der Waals surface area contributed by atoms with E-state index in [9.17, 15) is 0 Å². The first kappa shape index (κ1) is 8.01. The average Bonchev–Trinajstić information content (AvgIpc) is 2.46. The number of thiol groups is 1. The minimum atomic E-state index is 0.698. The summed E-state index contributed by atoms with van der Waals surface area (Å²) >= 11 is 5.71. The molecule has 2 rings (SSSR count). The van der Waals surface area contributed by atoms with Crippen LogP contribution in [0.3, 0.4) is 0 Å². The van der Waals surface area contributed by atoms with Crippen molar-refractivity contribution in [1.82, 2.24) is 4.98 Å². The summed E-state index contributed by atoms with van der Waals surface area (Å²) in [4.78, 5) is 5.15. The fourth-order valence-corrected chi connectivity index (χ4v) is 1.54. The number of rotatable bonds is 1. The molecule has 4 heteroatoms. The third kappa shape index (κ3) is 1.32. The van der Waals surface area contributed by atoms with Gasteiger partial charge in [-0.05, 0) is 24.5 Å². The Morgan fingerprint density at radius 2 is 2.33 bits per heavy atom. The molecule has 0 aliphatic rings. The van der Waals surface area contributed by atoms with Crippen molar-refractivity contribution in [1.29, 1.82) is 0 Å². The zero-order valence-electron chi connectivity index (χ0n) is 6.44. The fourth-order valence-electron chi connectivity index (χ4n) is 0.982. The standard InChI is InChI=1S/C8H7NOS2/c1-12-8-9-6-4-5(11)2-3-7(6)10-8/h2-4,11H,1H3. The Balaban J connectivity index is 2.67. The zero-order chi connectivity index (χ0) is 8.55. The van der Waals surface area contributed by atoms with Crippen molar-refractivity contribution in [3.63, 3.8) is 0 Å². The summed E-state index contributed by atoms with van der Waals surface area (Å²) in [5.41, 5.74) is 1.68. The van der Waals surface area contributed by atoms with E-state index in [1.807, 2.05) is 24.5 Å². The van der Waals surface area contributed by atoms with Crippen molar-refractivity contribution < 1.29 is 4.42 Å². The Hall–Kier alpha value is -0.610. The van der Waals surface area contributed by atoms with Gasteiger partial charge in [0.1, 0.15) is 5.52 Å². The van der Waals surface area contributed by atoms with Gasteiger partial charge in [0.15, 0.2) is 5.58 Å². The quantitative estimate of drug-likeness (QED) is 0.562. The van der Waals surface area contributed by atoms with E-state index in [1.54, 1.807) is 0 Å². The monoisotopic (exact) mass is 197 g/mol. The highest BCUT2D eigenvalue weighted by molar-refractivity contribution is 7.98. The molecule has 2 nitrogen and oxygen atoms in total. The predicted molar refractivity (Wildman–Crippen MR) is 53.0 cm³/mol. The minimum Gasteiger partial charge on any atom is -0.431 e. The van der Waals surface area contributed by atoms with Crippen LogP contribution in [0.15, 0.2) is 32.7 Å². The van der Waals surface area contributed by atoms with E-state index in [2.05, 4.69) is 17.6 Å². The molecule has 0 spiro atoms. The van der Waals surface area contributed by atoms with Crippen molar-refractivity contribution in [3.05, 3.63) is 18.2 Å². The third-order valence-electron chi connectivity index (χ3n) is 1.53. The fraction of sp³-hybridized carbons (Fsp3) is 0.125. The number of hydrogen-bond donors (Lipinski definition) is 1. The summed E-state index contributed by atoms with van der Waals surface area (Å²) in [5.74, 6) is 0. The van der Waals surface area contributed by atoms with Crippen LogP contribution in [0.1, 0.15) is 0 Å². The highest BCUT2D eigenvalue weighted by atomic mass is 32.2. The molecule has 0 unspecified atom stereocenters. The number of fused-ring (bicyclic) bond motifs is 1. The van der Waals surface area contributed by atoms with Crippen molar-refractivity contribution in [2.24, 2.45) is 0 Å². The summed E-state index contributed by atoms with van der Waals surface area (Å²) < 4.78 is 5.39. The lowest BCUT2D eigenvalue weighted by molar-refractivity contribution is 0.490. The van der Waals surface area contributed by atoms with Crippen molar-refractivity contribution in [2.75, 3.05) is 6.26 Å². The first-order valence-electron chi connectivity index (χ1n) is 3.43. The second kappa shape index (κ2) is 3.03. The maximum atomic E-state index is 5.39. The van der Waals surface area contributed by atoms with Crippen LogP contribution >= 0.6 is 24.4 Å². The van der Waals surface area contributed by atoms with Gasteiger partial charge in [-0.15, -0.1) is 12.6 Å². The number of benzene rings is 1. The van der Waals surface area contributed by atoms with Crippen molar-refractivity contribution in [3.8, 4) is 0 Å². The maximum absolute atomic E-state index is 5.39. The molecule has 1 aromatic carbocycles. The molecule has 62 valence electrons. The molecule has 0 fully saturated rings. The molecule has 0 N–H and O–H groups in total. The Morgan fingerprint density at radius 1 is 1.50 bits per heavy atom. The Morgan fingerprint density at radius 3 is 3.08 bits per heavy atom. The summed E-state index contributed by atoms with van der Waals surface area (Å²) in [5, 5.41) is 0.698. The molecule has 0 aliphatic carbocycles. The Kier molecular flexibility index (Phi) is 2.02. The van der Waals surface area contributed by atoms with Crippen molar-refractivity contribution >= 4 is 35.5 Å². The number of thioether (sulfide) groups is 1. The molecule has 0 radical (unpaired) electrons. The SMILES string of the molecule is CSc1nc2cc(S)ccc2o1. The lowest BCUT2D eigenvalue weighted by Gasteiger charge is -1.86. The molecule has 0 saturated heterocycles. The highest BCUT2D eigenvalue weighted by Gasteiger charge is 2.03. The molecule has 12 heavy (non-hydrogen) atoms. The third-order valence-corrected chi connectivity index (χ3v) is 2.33. The van der Waals surface area contributed by atoms with Gasteiger partial charge in [-0.1, -0.05) is 11.8 Å². The highest BCUT2D eigenvalue weighted by Crippen LogP contribution is 2.23. The lowest BCUT2D eigenvalue weighted by Crippen LogP contribution is -1.68. The van der Waals surface area contributed by atoms with Crippen LogP contribution in [-0.2, 0) is 0 Å². The van der Waals surface area contributed by atoms with E-state index in [-0.39, 0.29) is 0 Å². The van der Waals surface area contributed by atoms with Crippen LogP contribution in [0.4, 0.5) is 0 Å². The number of nitrogens with zero attached hydrogens (tertiary/aromatic N) is 1. The molecule has 0 bridgehead atoms. The second-order valence-electron chi connectivity index (χ2n) is 2.34. The van der Waals surface area contributed by atoms with E-state index >= 15 is 0 Å². The zero-order valence-corrected chi connectivity index (χ0v) is 8.15. The van der Waals surface area contributed by atoms with E-state index in [1.165, 1.54) is 11.8 Å². The van der Waals surface area contributed by atoms with E-state index in [4.69, 9.17) is 4.42 Å². The van der Waals surface area contributed by atoms with Crippen LogP contribution in [0.25, 0.3) is 11.1 Å². The minimum absolute atomic E-state index is 0.698. The van der Waals surface area contributed by atoms with Gasteiger partial charge in [0, 0.05) is 4.90 Å². The molecule has 0 atom stereocenters. The van der Waals surface area contributed by atoms with Gasteiger partial charge >= 0.3 is 0 Å². The summed E-state index contributed by atoms with van der Waals surface area (Å²) in [6.07, 6.45) is 1.94. The first-order valence-corrected chi connectivity index (χ1v) is 5.10. The van der Waals surface area contributed by atoms with Gasteiger partial charge < -0.3 is 4.42 Å². The summed E-state index contributed by atoms with van der Waals surface area (Å²) in [6.45, 7) is 0. The van der Waals surface area contributed by atoms with E-state index < -0.39 is 0 Å². The van der Waals surface area contributed by atoms with Gasteiger partial charge in [0.05, 0.1) is 0 Å². The Labute approximate surface area is 79.8 Å².